The molecule has 0 aliphatic heterocycles. The number of fused-ring (bicyclic) bond motifs is 4. The van der Waals surface area contributed by atoms with Crippen LogP contribution >= 0.6 is 0 Å². The van der Waals surface area contributed by atoms with Crippen molar-refractivity contribution in [2.24, 2.45) is 23.2 Å². The van der Waals surface area contributed by atoms with Crippen molar-refractivity contribution < 1.29 is 9.90 Å². The van der Waals surface area contributed by atoms with Gasteiger partial charge < -0.3 is 5.11 Å². The highest BCUT2D eigenvalue weighted by Crippen LogP contribution is 2.63. The van der Waals surface area contributed by atoms with Crippen LogP contribution in [0, 0.1) is 23.2 Å². The molecule has 0 radical (unpaired) electrons. The zero-order chi connectivity index (χ0) is 19.2. The maximum Gasteiger partial charge on any atom is 0.156 e. The first kappa shape index (κ1) is 19.0. The second kappa shape index (κ2) is 6.90. The van der Waals surface area contributed by atoms with E-state index in [4.69, 9.17) is 0 Å². The minimum Gasteiger partial charge on any atom is -0.385 e. The summed E-state index contributed by atoms with van der Waals surface area (Å²) in [5.41, 5.74) is 7.01. The first-order valence-corrected chi connectivity index (χ1v) is 10.9. The van der Waals surface area contributed by atoms with Crippen molar-refractivity contribution in [3.63, 3.8) is 0 Å². The Balaban J connectivity index is 1.62. The number of hydrogen-bond acceptors (Lipinski definition) is 2. The molecule has 2 saturated carbocycles. The van der Waals surface area contributed by atoms with Gasteiger partial charge in [-0.05, 0) is 98.5 Å². The van der Waals surface area contributed by atoms with Gasteiger partial charge in [-0.1, -0.05) is 26.3 Å². The Morgan fingerprint density at radius 1 is 1.22 bits per heavy atom. The quantitative estimate of drug-likeness (QED) is 0.652. The van der Waals surface area contributed by atoms with Crippen molar-refractivity contribution in [3.05, 3.63) is 40.7 Å². The number of aliphatic hydroxyl groups is 1. The Morgan fingerprint density at radius 3 is 2.81 bits per heavy atom. The molecular weight excluding hydrogens is 332 g/mol. The molecule has 0 heterocycles. The largest absolute Gasteiger partial charge is 0.385 e. The summed E-state index contributed by atoms with van der Waals surface area (Å²) in [4.78, 5) is 11.8. The van der Waals surface area contributed by atoms with Crippen molar-refractivity contribution in [2.75, 3.05) is 0 Å². The molecule has 4 unspecified atom stereocenters. The maximum absolute atomic E-state index is 11.8. The zero-order valence-corrected chi connectivity index (χ0v) is 17.2. The molecular formula is C25H34O2. The van der Waals surface area contributed by atoms with Gasteiger partial charge >= 0.3 is 0 Å². The van der Waals surface area contributed by atoms with E-state index < -0.39 is 5.60 Å². The van der Waals surface area contributed by atoms with Crippen molar-refractivity contribution >= 4 is 5.78 Å². The molecule has 2 nitrogen and oxygen atoms in total. The van der Waals surface area contributed by atoms with Crippen LogP contribution in [0.1, 0.15) is 78.6 Å². The van der Waals surface area contributed by atoms with Crippen LogP contribution in [-0.4, -0.2) is 16.5 Å². The molecule has 146 valence electrons. The number of carbonyl (C=O) groups is 1. The first-order chi connectivity index (χ1) is 12.8. The molecule has 0 saturated heterocycles. The zero-order valence-electron chi connectivity index (χ0n) is 17.2. The van der Waals surface area contributed by atoms with Crippen molar-refractivity contribution in [1.29, 1.82) is 0 Å². The minimum atomic E-state index is -0.722. The van der Waals surface area contributed by atoms with Gasteiger partial charge in [0.05, 0.1) is 5.60 Å². The highest BCUT2D eigenvalue weighted by atomic mass is 16.3. The highest BCUT2D eigenvalue weighted by Gasteiger charge is 2.59. The normalized spacial score (nSPS) is 38.0. The van der Waals surface area contributed by atoms with E-state index in [2.05, 4.69) is 32.6 Å². The predicted octanol–water partition coefficient (Wildman–Crippen LogP) is 5.68. The van der Waals surface area contributed by atoms with Crippen molar-refractivity contribution in [1.82, 2.24) is 0 Å². The molecule has 4 aliphatic carbocycles. The van der Waals surface area contributed by atoms with Crippen LogP contribution in [0.4, 0.5) is 0 Å². The SMILES string of the molecule is CC(C)CC=C=CC1(O)CCC2C3CCC4=CC(=O)CCC4=C3CCC21C. The Hall–Kier alpha value is -1.37. The topological polar surface area (TPSA) is 37.3 Å². The summed E-state index contributed by atoms with van der Waals surface area (Å²) in [6.07, 6.45) is 14.9. The molecule has 0 bridgehead atoms. The highest BCUT2D eigenvalue weighted by molar-refractivity contribution is 5.93. The number of hydrogen-bond donors (Lipinski definition) is 1. The van der Waals surface area contributed by atoms with Crippen LogP contribution in [-0.2, 0) is 4.79 Å². The van der Waals surface area contributed by atoms with Crippen LogP contribution in [0.3, 0.4) is 0 Å². The summed E-state index contributed by atoms with van der Waals surface area (Å²) in [5.74, 6) is 2.09. The second-order valence-electron chi connectivity index (χ2n) is 9.92. The summed E-state index contributed by atoms with van der Waals surface area (Å²) < 4.78 is 0. The van der Waals surface area contributed by atoms with Crippen LogP contribution in [0.2, 0.25) is 0 Å². The first-order valence-electron chi connectivity index (χ1n) is 10.9. The maximum atomic E-state index is 11.8. The average Bonchev–Trinajstić information content (AvgIpc) is 2.90. The van der Waals surface area contributed by atoms with Gasteiger partial charge in [-0.25, -0.2) is 0 Å². The molecule has 0 aromatic heterocycles. The van der Waals surface area contributed by atoms with E-state index in [0.717, 1.165) is 51.4 Å². The molecule has 27 heavy (non-hydrogen) atoms. The smallest absolute Gasteiger partial charge is 0.156 e. The summed E-state index contributed by atoms with van der Waals surface area (Å²) in [6.45, 7) is 6.74. The van der Waals surface area contributed by atoms with Gasteiger partial charge in [0.25, 0.3) is 0 Å². The summed E-state index contributed by atoms with van der Waals surface area (Å²) in [6, 6.07) is 0. The summed E-state index contributed by atoms with van der Waals surface area (Å²) >= 11 is 0. The molecule has 4 atom stereocenters. The van der Waals surface area contributed by atoms with Gasteiger partial charge in [0.15, 0.2) is 5.78 Å². The number of rotatable bonds is 3. The van der Waals surface area contributed by atoms with Gasteiger partial charge in [0.1, 0.15) is 0 Å². The lowest BCUT2D eigenvalue weighted by Crippen LogP contribution is -2.48. The molecule has 2 fully saturated rings. The van der Waals surface area contributed by atoms with Crippen molar-refractivity contribution in [3.8, 4) is 0 Å². The number of allylic oxidation sites excluding steroid dienone is 4. The lowest BCUT2D eigenvalue weighted by atomic mass is 9.55. The lowest BCUT2D eigenvalue weighted by Gasteiger charge is -2.51. The fourth-order valence-electron chi connectivity index (χ4n) is 6.32. The van der Waals surface area contributed by atoms with E-state index >= 15 is 0 Å². The van der Waals surface area contributed by atoms with Crippen molar-refractivity contribution in [2.45, 2.75) is 84.2 Å². The van der Waals surface area contributed by atoms with E-state index in [1.807, 2.05) is 12.2 Å². The summed E-state index contributed by atoms with van der Waals surface area (Å²) in [5, 5.41) is 11.6. The van der Waals surface area contributed by atoms with Gasteiger partial charge in [-0.15, -0.1) is 5.73 Å². The van der Waals surface area contributed by atoms with Crippen LogP contribution < -0.4 is 0 Å². The van der Waals surface area contributed by atoms with Crippen LogP contribution in [0.25, 0.3) is 0 Å². The molecule has 0 amide bonds. The Kier molecular flexibility index (Phi) is 4.85. The third kappa shape index (κ3) is 3.12. The van der Waals surface area contributed by atoms with E-state index in [1.165, 1.54) is 11.1 Å². The fourth-order valence-corrected chi connectivity index (χ4v) is 6.32. The number of ketones is 1. The Labute approximate surface area is 164 Å². The van der Waals surface area contributed by atoms with E-state index in [-0.39, 0.29) is 5.41 Å². The van der Waals surface area contributed by atoms with Crippen LogP contribution in [0.5, 0.6) is 0 Å². The molecule has 0 aromatic rings. The molecule has 1 N–H and O–H groups in total. The third-order valence-corrected chi connectivity index (χ3v) is 7.98. The molecule has 0 spiro atoms. The monoisotopic (exact) mass is 366 g/mol. The molecule has 4 rings (SSSR count). The van der Waals surface area contributed by atoms with E-state index in [0.29, 0.717) is 30.0 Å². The Morgan fingerprint density at radius 2 is 2.04 bits per heavy atom. The molecule has 2 heteroatoms. The lowest BCUT2D eigenvalue weighted by molar-refractivity contribution is -0.114. The van der Waals surface area contributed by atoms with Gasteiger partial charge in [0.2, 0.25) is 0 Å². The van der Waals surface area contributed by atoms with Gasteiger partial charge in [-0.2, -0.15) is 0 Å². The van der Waals surface area contributed by atoms with Crippen LogP contribution in [0.15, 0.2) is 40.7 Å². The Bertz CT molecular complexity index is 761. The molecule has 0 aromatic carbocycles. The van der Waals surface area contributed by atoms with E-state index in [1.54, 1.807) is 5.57 Å². The molecule has 4 aliphatic rings. The standard InChI is InChI=1S/C25H34O2/c1-17(2)6-4-5-13-25(27)15-12-23-22-9-7-18-16-19(26)8-10-20(18)21(22)11-14-24(23,25)3/h4,13,16-17,22-23,27H,6-12,14-15H2,1-3H3. The predicted molar refractivity (Wildman–Crippen MR) is 109 cm³/mol. The summed E-state index contributed by atoms with van der Waals surface area (Å²) in [7, 11) is 0. The second-order valence-corrected chi connectivity index (χ2v) is 9.92. The third-order valence-electron chi connectivity index (χ3n) is 7.98. The van der Waals surface area contributed by atoms with Gasteiger partial charge in [0, 0.05) is 11.8 Å². The number of carbonyl (C=O) groups excluding carboxylic acids is 1. The fraction of sp³-hybridized carbons (Fsp3) is 0.680. The van der Waals surface area contributed by atoms with Gasteiger partial charge in [-0.3, -0.25) is 4.79 Å². The van der Waals surface area contributed by atoms with E-state index in [9.17, 15) is 9.90 Å². The average molecular weight is 367 g/mol. The minimum absolute atomic E-state index is 0.0495.